The molecule has 0 aliphatic heterocycles. The Bertz CT molecular complexity index is 4520. The Kier molecular flexibility index (Phi) is 36.5. The predicted octanol–water partition coefficient (Wildman–Crippen LogP) is 27.3. The topological polar surface area (TPSA) is 211 Å². The summed E-state index contributed by atoms with van der Waals surface area (Å²) in [4.78, 5) is 13.6. The van der Waals surface area contributed by atoms with Crippen molar-refractivity contribution in [1.29, 1.82) is 0 Å². The van der Waals surface area contributed by atoms with E-state index in [2.05, 4.69) is 124 Å². The zero-order valence-corrected chi connectivity index (χ0v) is 65.8. The number of esters is 1. The molecule has 12 aromatic rings. The molecular weight excluding hydrogens is 1400 g/mol. The van der Waals surface area contributed by atoms with E-state index in [0.717, 1.165) is 132 Å². The highest BCUT2D eigenvalue weighted by Gasteiger charge is 2.17. The van der Waals surface area contributed by atoms with Gasteiger partial charge in [0.1, 0.15) is 23.0 Å². The maximum Gasteiger partial charge on any atom is 0.314 e. The van der Waals surface area contributed by atoms with Crippen molar-refractivity contribution in [3.8, 4) is 56.9 Å². The van der Waals surface area contributed by atoms with Gasteiger partial charge in [0, 0.05) is 50.3 Å². The monoisotopic (exact) mass is 1510 g/mol. The van der Waals surface area contributed by atoms with Crippen LogP contribution in [-0.2, 0) is 18.9 Å². The fourth-order valence-corrected chi connectivity index (χ4v) is 11.6. The van der Waals surface area contributed by atoms with E-state index >= 15 is 0 Å². The summed E-state index contributed by atoms with van der Waals surface area (Å²) < 4.78 is 29.0. The quantitative estimate of drug-likeness (QED) is 0.0159. The normalized spacial score (nSPS) is 11.7. The molecule has 112 heavy (non-hydrogen) atoms. The first-order chi connectivity index (χ1) is 54.4. The van der Waals surface area contributed by atoms with Gasteiger partial charge in [-0.3, -0.25) is 4.79 Å². The minimum absolute atomic E-state index is 0. The Morgan fingerprint density at radius 1 is 0.357 bits per heavy atom. The molecule has 4 aromatic heterocycles. The first-order valence-corrected chi connectivity index (χ1v) is 39.1. The summed E-state index contributed by atoms with van der Waals surface area (Å²) in [5.74, 6) is 4.20. The van der Waals surface area contributed by atoms with E-state index in [-0.39, 0.29) is 19.3 Å². The van der Waals surface area contributed by atoms with Crippen LogP contribution in [0.4, 0.5) is 45.5 Å². The average Bonchev–Trinajstić information content (AvgIpc) is 1.77. The minimum atomic E-state index is -0.183. The smallest absolute Gasteiger partial charge is 0.314 e. The van der Waals surface area contributed by atoms with Gasteiger partial charge in [-0.1, -0.05) is 138 Å². The van der Waals surface area contributed by atoms with Gasteiger partial charge in [-0.25, -0.2) is 4.68 Å². The van der Waals surface area contributed by atoms with Gasteiger partial charge in [-0.15, -0.1) is 0 Å². The number of unbranched alkanes of at least 4 members (excludes halogenated alkanes) is 5. The van der Waals surface area contributed by atoms with Crippen molar-refractivity contribution in [3.63, 3.8) is 0 Å². The average molecular weight is 1510 g/mol. The molecule has 20 heteroatoms. The van der Waals surface area contributed by atoms with E-state index in [4.69, 9.17) is 18.9 Å². The van der Waals surface area contributed by atoms with Crippen LogP contribution in [-0.4, -0.2) is 59.7 Å². The summed E-state index contributed by atoms with van der Waals surface area (Å²) in [6, 6.07) is 72.0. The lowest BCUT2D eigenvalue weighted by atomic mass is 10.0. The molecule has 0 aliphatic carbocycles. The zero-order valence-electron chi connectivity index (χ0n) is 65.8. The predicted molar refractivity (Wildman–Crippen MR) is 453 cm³/mol. The lowest BCUT2D eigenvalue weighted by molar-refractivity contribution is -0.139. The Morgan fingerprint density at radius 2 is 0.714 bits per heavy atom. The lowest BCUT2D eigenvalue weighted by Gasteiger charge is -2.15. The summed E-state index contributed by atoms with van der Waals surface area (Å²) in [7, 11) is 4.07. The second-order valence-electron chi connectivity index (χ2n) is 27.0. The molecule has 0 aliphatic rings. The van der Waals surface area contributed by atoms with Crippen molar-refractivity contribution in [3.05, 3.63) is 262 Å². The number of rotatable bonds is 36. The SMILES string of the molecule is C.CCC(CC)C(=O)Oc1ccc(N=Nc2ccc(-c3cccn3C)cc2)cc1.CCCCC(CC)COc1ccc(N=Nc2ccc(-n3cccn3)cc2)cc1.CCCCC(CC)COc1ccc(N=Nc2ccc(-n3nccn3)cc2)cc1.CCCCCCOc1ccc(N=Nc2ccc(-c3cccn3C)cc2)cc1. The Balaban J connectivity index is 0.000000187. The number of azo groups is 4. The number of nitrogens with zero attached hydrogens (tertiary/aromatic N) is 15. The number of aromatic nitrogens is 7. The van der Waals surface area contributed by atoms with Crippen LogP contribution in [0.25, 0.3) is 33.9 Å². The van der Waals surface area contributed by atoms with E-state index in [1.165, 1.54) is 69.0 Å². The summed E-state index contributed by atoms with van der Waals surface area (Å²) in [5.41, 5.74) is 12.8. The van der Waals surface area contributed by atoms with Gasteiger partial charge in [0.25, 0.3) is 0 Å². The minimum Gasteiger partial charge on any atom is -0.494 e. The first kappa shape index (κ1) is 85.5. The van der Waals surface area contributed by atoms with E-state index < -0.39 is 0 Å². The molecule has 0 spiro atoms. The van der Waals surface area contributed by atoms with Crippen molar-refractivity contribution in [2.24, 2.45) is 72.8 Å². The largest absolute Gasteiger partial charge is 0.494 e. The molecule has 12 rings (SSSR count). The van der Waals surface area contributed by atoms with Gasteiger partial charge >= 0.3 is 5.97 Å². The van der Waals surface area contributed by atoms with Crippen LogP contribution < -0.4 is 18.9 Å². The number of ether oxygens (including phenoxy) is 4. The molecule has 0 fully saturated rings. The van der Waals surface area contributed by atoms with Crippen molar-refractivity contribution in [2.75, 3.05) is 19.8 Å². The van der Waals surface area contributed by atoms with E-state index in [0.29, 0.717) is 23.3 Å². The van der Waals surface area contributed by atoms with Crippen LogP contribution in [0.15, 0.2) is 303 Å². The Labute approximate surface area is 662 Å². The molecule has 0 saturated carbocycles. The lowest BCUT2D eigenvalue weighted by Crippen LogP contribution is -2.19. The number of benzene rings is 8. The molecule has 8 aromatic carbocycles. The summed E-state index contributed by atoms with van der Waals surface area (Å²) >= 11 is 0. The molecular formula is C92H111N15O5. The third kappa shape index (κ3) is 28.7. The molecule has 0 N–H and O–H groups in total. The summed E-state index contributed by atoms with van der Waals surface area (Å²) in [6.07, 6.45) is 27.2. The van der Waals surface area contributed by atoms with Crippen LogP contribution >= 0.6 is 0 Å². The molecule has 20 nitrogen and oxygen atoms in total. The molecule has 0 saturated heterocycles. The fourth-order valence-electron chi connectivity index (χ4n) is 11.6. The molecule has 0 bridgehead atoms. The van der Waals surface area contributed by atoms with E-state index in [1.54, 1.807) is 47.7 Å². The van der Waals surface area contributed by atoms with Gasteiger partial charge in [-0.2, -0.15) is 61.0 Å². The van der Waals surface area contributed by atoms with Crippen LogP contribution in [0.1, 0.15) is 146 Å². The second-order valence-corrected chi connectivity index (χ2v) is 27.0. The maximum atomic E-state index is 12.0. The number of carbonyl (C=O) groups is 1. The van der Waals surface area contributed by atoms with Gasteiger partial charge in [-0.05, 0) is 255 Å². The first-order valence-electron chi connectivity index (χ1n) is 39.1. The summed E-state index contributed by atoms with van der Waals surface area (Å²) in [6.45, 7) is 17.4. The highest BCUT2D eigenvalue weighted by atomic mass is 16.5. The van der Waals surface area contributed by atoms with Crippen molar-refractivity contribution < 1.29 is 23.7 Å². The Morgan fingerprint density at radius 3 is 1.05 bits per heavy atom. The van der Waals surface area contributed by atoms with Crippen LogP contribution in [0.2, 0.25) is 0 Å². The van der Waals surface area contributed by atoms with Crippen molar-refractivity contribution in [1.82, 2.24) is 33.9 Å². The van der Waals surface area contributed by atoms with E-state index in [9.17, 15) is 4.79 Å². The zero-order chi connectivity index (χ0) is 78.0. The second kappa shape index (κ2) is 47.8. The van der Waals surface area contributed by atoms with Crippen LogP contribution in [0, 0.1) is 17.8 Å². The number of aryl methyl sites for hydroxylation is 2. The summed E-state index contributed by atoms with van der Waals surface area (Å²) in [5, 5.41) is 46.8. The van der Waals surface area contributed by atoms with Gasteiger partial charge < -0.3 is 28.1 Å². The Hall–Kier alpha value is -12.1. The molecule has 4 heterocycles. The number of hydrogen-bond acceptors (Lipinski definition) is 16. The number of hydrogen-bond donors (Lipinski definition) is 0. The van der Waals surface area contributed by atoms with Crippen LogP contribution in [0.3, 0.4) is 0 Å². The van der Waals surface area contributed by atoms with Crippen molar-refractivity contribution in [2.45, 2.75) is 146 Å². The third-order valence-electron chi connectivity index (χ3n) is 18.7. The maximum absolute atomic E-state index is 12.0. The molecule has 2 unspecified atom stereocenters. The van der Waals surface area contributed by atoms with Crippen molar-refractivity contribution >= 4 is 51.5 Å². The molecule has 0 radical (unpaired) electrons. The number of carbonyl (C=O) groups excluding carboxylic acids is 1. The van der Waals surface area contributed by atoms with Crippen LogP contribution in [0.5, 0.6) is 23.0 Å². The molecule has 2 atom stereocenters. The third-order valence-corrected chi connectivity index (χ3v) is 18.7. The standard InChI is InChI=1S/C23H28N4O.C23H25N3O2.C23H27N3O.C22H27N5O.CH4/c1-3-5-7-19(4-2)18-28-23-14-10-21(11-15-23)26-25-20-8-12-22(13-9-20)27-17-6-16-24-27;1-4-17(5-2)23(27)28-21-14-12-20(13-15-21)25-24-19-10-8-18(9-11-19)22-7-6-16-26(22)3;1-3-4-5-6-18-27-22-15-13-21(14-16-22)25-24-20-11-9-19(10-12-20)23-8-7-17-26(23)2;1-3-5-6-18(4-2)17-28-22-13-9-20(10-14-22)26-25-19-7-11-21(12-8-19)27-23-15-16-24-27;/h6,8-17,19H,3-5,7,18H2,1-2H3;6-17H,4-5H2,1-3H3;7-17H,3-6,18H2,1-2H3;7-16,18H,3-6,17H2,1-2H3;1H4. The van der Waals surface area contributed by atoms with Gasteiger partial charge in [0.15, 0.2) is 0 Å². The van der Waals surface area contributed by atoms with Gasteiger partial charge in [0.05, 0.1) is 95.0 Å². The highest BCUT2D eigenvalue weighted by molar-refractivity contribution is 5.75. The molecule has 0 amide bonds. The van der Waals surface area contributed by atoms with E-state index in [1.807, 2.05) is 227 Å². The fraction of sp³-hybridized carbons (Fsp3) is 0.326. The van der Waals surface area contributed by atoms with Gasteiger partial charge in [0.2, 0.25) is 0 Å². The molecule has 584 valence electrons. The highest BCUT2D eigenvalue weighted by Crippen LogP contribution is 2.31.